The number of rotatable bonds is 5. The maximum Gasteiger partial charge on any atom is 0.242 e. The van der Waals surface area contributed by atoms with Gasteiger partial charge >= 0.3 is 0 Å². The largest absolute Gasteiger partial charge is 0.544 e. The van der Waals surface area contributed by atoms with Gasteiger partial charge in [0.2, 0.25) is 8.32 Å². The van der Waals surface area contributed by atoms with Crippen LogP contribution in [0, 0.1) is 17.3 Å². The Kier molecular flexibility index (Phi) is 5.83. The third-order valence-electron chi connectivity index (χ3n) is 7.85. The highest BCUT2D eigenvalue weighted by atomic mass is 28.4. The fraction of sp³-hybridized carbons (Fsp3) is 0.760. The summed E-state index contributed by atoms with van der Waals surface area (Å²) in [7, 11) is -1.26. The minimum Gasteiger partial charge on any atom is -0.544 e. The highest BCUT2D eigenvalue weighted by Gasteiger charge is 2.56. The Morgan fingerprint density at radius 3 is 2.30 bits per heavy atom. The Bertz CT molecular complexity index is 782. The molecule has 1 aromatic carbocycles. The van der Waals surface area contributed by atoms with Gasteiger partial charge in [0, 0.05) is 7.11 Å². The minimum atomic E-state index is -1.62. The summed E-state index contributed by atoms with van der Waals surface area (Å²) in [5.74, 6) is 3.15. The Morgan fingerprint density at radius 1 is 0.933 bits per heavy atom. The second kappa shape index (κ2) is 7.75. The Morgan fingerprint density at radius 2 is 1.67 bits per heavy atom. The van der Waals surface area contributed by atoms with Crippen molar-refractivity contribution in [2.45, 2.75) is 96.4 Å². The van der Waals surface area contributed by atoms with E-state index in [0.29, 0.717) is 23.4 Å². The van der Waals surface area contributed by atoms with Crippen LogP contribution in [0.25, 0.3) is 0 Å². The first-order chi connectivity index (χ1) is 13.9. The second-order valence-electron chi connectivity index (χ2n) is 12.2. The molecular formula is C25H42O3Si2. The van der Waals surface area contributed by atoms with Crippen molar-refractivity contribution >= 4 is 16.6 Å². The summed E-state index contributed by atoms with van der Waals surface area (Å²) in [6.45, 7) is 16.3. The average molecular weight is 447 g/mol. The summed E-state index contributed by atoms with van der Waals surface area (Å²) in [4.78, 5) is 0. The van der Waals surface area contributed by atoms with Crippen molar-refractivity contribution < 1.29 is 13.6 Å². The maximum atomic E-state index is 6.73. The zero-order valence-corrected chi connectivity index (χ0v) is 22.4. The normalized spacial score (nSPS) is 36.1. The topological polar surface area (TPSA) is 27.7 Å². The van der Waals surface area contributed by atoms with Crippen molar-refractivity contribution in [3.63, 3.8) is 0 Å². The van der Waals surface area contributed by atoms with Crippen molar-refractivity contribution in [2.75, 3.05) is 7.11 Å². The van der Waals surface area contributed by atoms with Gasteiger partial charge in [-0.2, -0.15) is 0 Å². The van der Waals surface area contributed by atoms with E-state index in [0.717, 1.165) is 18.1 Å². The van der Waals surface area contributed by atoms with Crippen molar-refractivity contribution in [1.29, 1.82) is 0 Å². The van der Waals surface area contributed by atoms with E-state index in [-0.39, 0.29) is 6.10 Å². The molecule has 3 nitrogen and oxygen atoms in total. The third-order valence-corrected chi connectivity index (χ3v) is 9.69. The van der Waals surface area contributed by atoms with Crippen LogP contribution in [0.5, 0.6) is 5.75 Å². The SMILES string of the molecule is COC1CC2C(CCC3(C)C(O[Si](C)(C)C)CCC23)c2ccc(O[Si](C)(C)C)cc21. The number of ether oxygens (including phenoxy) is 1. The number of fused-ring (bicyclic) bond motifs is 5. The molecule has 0 bridgehead atoms. The summed E-state index contributed by atoms with van der Waals surface area (Å²) >= 11 is 0. The van der Waals surface area contributed by atoms with Gasteiger partial charge in [0.05, 0.1) is 12.2 Å². The van der Waals surface area contributed by atoms with Gasteiger partial charge in [-0.05, 0) is 118 Å². The van der Waals surface area contributed by atoms with E-state index in [1.165, 1.54) is 36.8 Å². The lowest BCUT2D eigenvalue weighted by molar-refractivity contribution is -0.0374. The molecule has 0 N–H and O–H groups in total. The molecule has 6 atom stereocenters. The third kappa shape index (κ3) is 4.19. The molecule has 5 heteroatoms. The number of methoxy groups -OCH3 is 1. The van der Waals surface area contributed by atoms with Gasteiger partial charge in [-0.3, -0.25) is 0 Å². The molecule has 0 saturated heterocycles. The highest BCUT2D eigenvalue weighted by Crippen LogP contribution is 2.63. The van der Waals surface area contributed by atoms with E-state index < -0.39 is 16.6 Å². The molecule has 0 heterocycles. The van der Waals surface area contributed by atoms with Gasteiger partial charge < -0.3 is 13.6 Å². The van der Waals surface area contributed by atoms with Crippen molar-refractivity contribution in [2.24, 2.45) is 17.3 Å². The van der Waals surface area contributed by atoms with Gasteiger partial charge in [0.1, 0.15) is 5.75 Å². The van der Waals surface area contributed by atoms with Crippen LogP contribution < -0.4 is 4.43 Å². The van der Waals surface area contributed by atoms with E-state index in [9.17, 15) is 0 Å². The standard InChI is InChI=1S/C25H42O3Si2/c1-25-14-13-19-18-10-9-17(27-29(3,4)5)15-21(18)23(26-2)16-20(19)22(25)11-12-24(25)28-30(6,7)8/h9-10,15,19-20,22-24H,11-14,16H2,1-8H3. The molecule has 2 fully saturated rings. The number of benzene rings is 1. The van der Waals surface area contributed by atoms with Gasteiger partial charge in [0.15, 0.2) is 8.32 Å². The predicted molar refractivity (Wildman–Crippen MR) is 129 cm³/mol. The first-order valence-corrected chi connectivity index (χ1v) is 18.8. The molecule has 0 aliphatic heterocycles. The summed E-state index contributed by atoms with van der Waals surface area (Å²) in [6, 6.07) is 6.87. The number of hydrogen-bond acceptors (Lipinski definition) is 3. The first-order valence-electron chi connectivity index (χ1n) is 11.9. The molecular weight excluding hydrogens is 404 g/mol. The molecule has 2 saturated carbocycles. The molecule has 0 spiro atoms. The van der Waals surface area contributed by atoms with Crippen LogP contribution in [0.3, 0.4) is 0 Å². The molecule has 0 aromatic heterocycles. The summed E-state index contributed by atoms with van der Waals surface area (Å²) in [5, 5.41) is 0. The van der Waals surface area contributed by atoms with Crippen LogP contribution in [0.1, 0.15) is 62.2 Å². The van der Waals surface area contributed by atoms with Gasteiger partial charge in [-0.1, -0.05) is 13.0 Å². The monoisotopic (exact) mass is 446 g/mol. The molecule has 4 rings (SSSR count). The van der Waals surface area contributed by atoms with E-state index in [1.54, 1.807) is 0 Å². The minimum absolute atomic E-state index is 0.186. The Labute approximate surface area is 186 Å². The van der Waals surface area contributed by atoms with E-state index in [4.69, 9.17) is 13.6 Å². The van der Waals surface area contributed by atoms with Crippen LogP contribution in [0.2, 0.25) is 39.3 Å². The molecule has 1 aromatic rings. The summed E-state index contributed by atoms with van der Waals surface area (Å²) in [5.41, 5.74) is 3.24. The van der Waals surface area contributed by atoms with Crippen molar-refractivity contribution in [1.82, 2.24) is 0 Å². The fourth-order valence-corrected chi connectivity index (χ4v) is 8.83. The van der Waals surface area contributed by atoms with E-state index in [2.05, 4.69) is 64.4 Å². The lowest BCUT2D eigenvalue weighted by atomic mass is 9.55. The number of hydrogen-bond donors (Lipinski definition) is 0. The zero-order valence-electron chi connectivity index (χ0n) is 20.4. The lowest BCUT2D eigenvalue weighted by Crippen LogP contribution is -2.47. The molecule has 0 amide bonds. The second-order valence-corrected chi connectivity index (χ2v) is 21.1. The van der Waals surface area contributed by atoms with Crippen molar-refractivity contribution in [3.8, 4) is 5.75 Å². The van der Waals surface area contributed by atoms with Crippen LogP contribution in [-0.2, 0) is 9.16 Å². The first kappa shape index (κ1) is 22.6. The van der Waals surface area contributed by atoms with Crippen LogP contribution in [0.4, 0.5) is 0 Å². The van der Waals surface area contributed by atoms with Crippen molar-refractivity contribution in [3.05, 3.63) is 29.3 Å². The molecule has 168 valence electrons. The molecule has 6 unspecified atom stereocenters. The van der Waals surface area contributed by atoms with Crippen LogP contribution >= 0.6 is 0 Å². The predicted octanol–water partition coefficient (Wildman–Crippen LogP) is 7.12. The van der Waals surface area contributed by atoms with E-state index >= 15 is 0 Å². The van der Waals surface area contributed by atoms with E-state index in [1.807, 2.05) is 7.11 Å². The zero-order chi connectivity index (χ0) is 21.9. The van der Waals surface area contributed by atoms with Gasteiger partial charge in [-0.15, -0.1) is 0 Å². The van der Waals surface area contributed by atoms with Crippen LogP contribution in [0.15, 0.2) is 18.2 Å². The van der Waals surface area contributed by atoms with Crippen LogP contribution in [-0.4, -0.2) is 29.8 Å². The average Bonchev–Trinajstić information content (AvgIpc) is 2.94. The van der Waals surface area contributed by atoms with Gasteiger partial charge in [-0.25, -0.2) is 0 Å². The Hall–Kier alpha value is -0.626. The molecule has 3 aliphatic carbocycles. The summed E-state index contributed by atoms with van der Waals surface area (Å²) < 4.78 is 19.1. The van der Waals surface area contributed by atoms with Gasteiger partial charge in [0.25, 0.3) is 0 Å². The quantitative estimate of drug-likeness (QED) is 0.451. The smallest absolute Gasteiger partial charge is 0.242 e. The summed E-state index contributed by atoms with van der Waals surface area (Å²) in [6.07, 6.45) is 6.90. The molecule has 0 radical (unpaired) electrons. The highest BCUT2D eigenvalue weighted by molar-refractivity contribution is 6.70. The lowest BCUT2D eigenvalue weighted by Gasteiger charge is -2.52. The Balaban J connectivity index is 1.63. The molecule has 3 aliphatic rings. The molecule has 30 heavy (non-hydrogen) atoms. The fourth-order valence-electron chi connectivity index (χ4n) is 6.76. The maximum absolute atomic E-state index is 6.73.